The minimum atomic E-state index is -0.446. The van der Waals surface area contributed by atoms with Crippen molar-refractivity contribution in [3.05, 3.63) is 45.5 Å². The first-order chi connectivity index (χ1) is 16.2. The number of amides is 1. The lowest BCUT2D eigenvalue weighted by Crippen LogP contribution is -2.51. The number of hydrogen-bond donors (Lipinski definition) is 1. The van der Waals surface area contributed by atoms with E-state index in [-0.39, 0.29) is 17.7 Å². The Morgan fingerprint density at radius 2 is 1.88 bits per heavy atom. The van der Waals surface area contributed by atoms with Crippen LogP contribution in [0.25, 0.3) is 21.9 Å². The number of aryl methyl sites for hydroxylation is 1. The monoisotopic (exact) mass is 464 g/mol. The fraction of sp³-hybridized carbons (Fsp3) is 0.571. The maximum absolute atomic E-state index is 12.9. The molecule has 34 heavy (non-hydrogen) atoms. The van der Waals surface area contributed by atoms with E-state index in [2.05, 4.69) is 31.0 Å². The van der Waals surface area contributed by atoms with E-state index < -0.39 is 5.63 Å². The Morgan fingerprint density at radius 1 is 1.09 bits per heavy atom. The highest BCUT2D eigenvalue weighted by atomic mass is 16.4. The van der Waals surface area contributed by atoms with Gasteiger partial charge in [0.2, 0.25) is 5.91 Å². The average Bonchev–Trinajstić information content (AvgIpc) is 3.23. The summed E-state index contributed by atoms with van der Waals surface area (Å²) >= 11 is 0. The number of piperidine rings is 2. The molecule has 0 unspecified atom stereocenters. The minimum Gasteiger partial charge on any atom is -0.464 e. The van der Waals surface area contributed by atoms with Crippen LogP contribution in [0.5, 0.6) is 0 Å². The van der Waals surface area contributed by atoms with Gasteiger partial charge in [-0.3, -0.25) is 4.79 Å². The van der Waals surface area contributed by atoms with E-state index in [0.29, 0.717) is 35.2 Å². The lowest BCUT2D eigenvalue weighted by Gasteiger charge is -2.44. The molecule has 2 aromatic heterocycles. The molecule has 1 aromatic carbocycles. The van der Waals surface area contributed by atoms with Crippen molar-refractivity contribution < 1.29 is 13.6 Å². The van der Waals surface area contributed by atoms with Gasteiger partial charge < -0.3 is 19.1 Å². The molecular weight excluding hydrogens is 428 g/mol. The molecule has 2 aliphatic heterocycles. The van der Waals surface area contributed by atoms with E-state index >= 15 is 0 Å². The number of benzene rings is 1. The third kappa shape index (κ3) is 4.28. The quantitative estimate of drug-likeness (QED) is 0.546. The van der Waals surface area contributed by atoms with Gasteiger partial charge in [-0.25, -0.2) is 4.79 Å². The zero-order chi connectivity index (χ0) is 24.0. The molecule has 0 saturated carbocycles. The molecule has 3 aromatic rings. The first-order valence-electron chi connectivity index (χ1n) is 12.7. The summed E-state index contributed by atoms with van der Waals surface area (Å²) < 4.78 is 11.4. The summed E-state index contributed by atoms with van der Waals surface area (Å²) in [5, 5.41) is 5.00. The fourth-order valence-electron chi connectivity index (χ4n) is 5.98. The maximum Gasteiger partial charge on any atom is 0.340 e. The molecule has 182 valence electrons. The molecule has 6 heteroatoms. The normalized spacial score (nSPS) is 21.6. The standard InChI is InChI=1S/C28H36N2O4/c1-17-19-12-21-22(28(2,3)4)16-33-24(21)14-25(19)34-27(32)20(17)13-26(31)29-15-18-8-7-11-30-10-6-5-9-23(18)30/h12,14,16,18,23H,5-11,13,15H2,1-4H3,(H,29,31)/t18-,23-/m0/s1. The van der Waals surface area contributed by atoms with Crippen LogP contribution in [-0.4, -0.2) is 36.5 Å². The summed E-state index contributed by atoms with van der Waals surface area (Å²) in [7, 11) is 0. The van der Waals surface area contributed by atoms with Crippen LogP contribution in [0.2, 0.25) is 0 Å². The number of carbonyl (C=O) groups excluding carboxylic acids is 1. The molecule has 1 N–H and O–H groups in total. The topological polar surface area (TPSA) is 75.7 Å². The molecule has 2 fully saturated rings. The summed E-state index contributed by atoms with van der Waals surface area (Å²) in [6.45, 7) is 11.4. The van der Waals surface area contributed by atoms with Crippen molar-refractivity contribution in [1.29, 1.82) is 0 Å². The van der Waals surface area contributed by atoms with Crippen molar-refractivity contribution in [1.82, 2.24) is 10.2 Å². The van der Waals surface area contributed by atoms with Gasteiger partial charge in [-0.05, 0) is 68.7 Å². The van der Waals surface area contributed by atoms with Crippen LogP contribution in [0.15, 0.2) is 32.0 Å². The van der Waals surface area contributed by atoms with Crippen LogP contribution in [-0.2, 0) is 16.6 Å². The van der Waals surface area contributed by atoms with Gasteiger partial charge in [-0.15, -0.1) is 0 Å². The summed E-state index contributed by atoms with van der Waals surface area (Å²) in [6.07, 6.45) is 7.98. The lowest BCUT2D eigenvalue weighted by molar-refractivity contribution is -0.120. The van der Waals surface area contributed by atoms with Crippen LogP contribution in [0.3, 0.4) is 0 Å². The minimum absolute atomic E-state index is 0.0424. The molecule has 2 atom stereocenters. The predicted molar refractivity (Wildman–Crippen MR) is 134 cm³/mol. The first kappa shape index (κ1) is 23.2. The Bertz CT molecular complexity index is 1280. The van der Waals surface area contributed by atoms with Crippen LogP contribution >= 0.6 is 0 Å². The number of fused-ring (bicyclic) bond motifs is 3. The summed E-state index contributed by atoms with van der Waals surface area (Å²) in [6, 6.07) is 4.41. The molecule has 6 nitrogen and oxygen atoms in total. The van der Waals surface area contributed by atoms with Gasteiger partial charge in [0.1, 0.15) is 11.2 Å². The molecule has 2 saturated heterocycles. The van der Waals surface area contributed by atoms with Gasteiger partial charge >= 0.3 is 5.63 Å². The first-order valence-corrected chi connectivity index (χ1v) is 12.7. The summed E-state index contributed by atoms with van der Waals surface area (Å²) in [5.41, 5.74) is 3.03. The van der Waals surface area contributed by atoms with E-state index in [1.807, 2.05) is 13.0 Å². The third-order valence-electron chi connectivity index (χ3n) is 7.92. The van der Waals surface area contributed by atoms with Gasteiger partial charge in [-0.2, -0.15) is 0 Å². The second kappa shape index (κ2) is 8.88. The molecule has 5 rings (SSSR count). The van der Waals surface area contributed by atoms with Crippen molar-refractivity contribution >= 4 is 27.8 Å². The molecule has 0 aliphatic carbocycles. The van der Waals surface area contributed by atoms with Gasteiger partial charge in [0.15, 0.2) is 0 Å². The van der Waals surface area contributed by atoms with Crippen LogP contribution < -0.4 is 10.9 Å². The fourth-order valence-corrected chi connectivity index (χ4v) is 5.98. The largest absolute Gasteiger partial charge is 0.464 e. The van der Waals surface area contributed by atoms with Gasteiger partial charge in [0.05, 0.1) is 18.2 Å². The van der Waals surface area contributed by atoms with E-state index in [0.717, 1.165) is 28.3 Å². The second-order valence-corrected chi connectivity index (χ2v) is 11.2. The smallest absolute Gasteiger partial charge is 0.340 e. The molecular formula is C28H36N2O4. The van der Waals surface area contributed by atoms with Crippen molar-refractivity contribution in [3.8, 4) is 0 Å². The Labute approximate surface area is 200 Å². The highest BCUT2D eigenvalue weighted by Crippen LogP contribution is 2.35. The van der Waals surface area contributed by atoms with Gasteiger partial charge in [0.25, 0.3) is 0 Å². The van der Waals surface area contributed by atoms with Crippen molar-refractivity contribution in [2.24, 2.45) is 5.92 Å². The Kier molecular flexibility index (Phi) is 6.05. The second-order valence-electron chi connectivity index (χ2n) is 11.2. The van der Waals surface area contributed by atoms with Crippen molar-refractivity contribution in [2.75, 3.05) is 19.6 Å². The molecule has 1 amide bonds. The maximum atomic E-state index is 12.9. The number of hydrogen-bond acceptors (Lipinski definition) is 5. The van der Waals surface area contributed by atoms with E-state index in [1.165, 1.54) is 38.8 Å². The number of nitrogens with zero attached hydrogens (tertiary/aromatic N) is 1. The van der Waals surface area contributed by atoms with E-state index in [4.69, 9.17) is 8.83 Å². The predicted octanol–water partition coefficient (Wildman–Crippen LogP) is 5.07. The Hall–Kier alpha value is -2.60. The van der Waals surface area contributed by atoms with Crippen LogP contribution in [0.4, 0.5) is 0 Å². The Balaban J connectivity index is 1.37. The number of furan rings is 1. The molecule has 0 radical (unpaired) electrons. The zero-order valence-electron chi connectivity index (χ0n) is 20.8. The highest BCUT2D eigenvalue weighted by molar-refractivity contribution is 5.97. The number of rotatable bonds is 4. The summed E-state index contributed by atoms with van der Waals surface area (Å²) in [4.78, 5) is 28.3. The van der Waals surface area contributed by atoms with Crippen molar-refractivity contribution in [3.63, 3.8) is 0 Å². The third-order valence-corrected chi connectivity index (χ3v) is 7.92. The van der Waals surface area contributed by atoms with Gasteiger partial charge in [0, 0.05) is 35.0 Å². The number of carbonyl (C=O) groups is 1. The number of nitrogens with one attached hydrogen (secondary N) is 1. The molecule has 0 spiro atoms. The lowest BCUT2D eigenvalue weighted by atomic mass is 9.83. The molecule has 0 bridgehead atoms. The molecule has 2 aliphatic rings. The molecule has 4 heterocycles. The van der Waals surface area contributed by atoms with E-state index in [9.17, 15) is 9.59 Å². The van der Waals surface area contributed by atoms with Crippen LogP contribution in [0.1, 0.15) is 69.6 Å². The zero-order valence-corrected chi connectivity index (χ0v) is 20.8. The SMILES string of the molecule is Cc1c(CC(=O)NC[C@@H]2CCCN3CCCC[C@@H]23)c(=O)oc2cc3occ(C(C)(C)C)c3cc12. The Morgan fingerprint density at radius 3 is 2.68 bits per heavy atom. The highest BCUT2D eigenvalue weighted by Gasteiger charge is 2.33. The van der Waals surface area contributed by atoms with E-state index in [1.54, 1.807) is 12.3 Å². The van der Waals surface area contributed by atoms with Gasteiger partial charge in [-0.1, -0.05) is 27.2 Å². The van der Waals surface area contributed by atoms with Crippen LogP contribution in [0, 0.1) is 12.8 Å². The van der Waals surface area contributed by atoms with Crippen molar-refractivity contribution in [2.45, 2.75) is 77.7 Å². The summed E-state index contributed by atoms with van der Waals surface area (Å²) in [5.74, 6) is 0.389. The average molecular weight is 465 g/mol.